The molecule has 0 bridgehead atoms. The zero-order chi connectivity index (χ0) is 30.1. The summed E-state index contributed by atoms with van der Waals surface area (Å²) in [6.07, 6.45) is 6.92. The third-order valence-electron chi connectivity index (χ3n) is 7.32. The summed E-state index contributed by atoms with van der Waals surface area (Å²) in [6, 6.07) is 38.5. The fourth-order valence-electron chi connectivity index (χ4n) is 5.30. The van der Waals surface area contributed by atoms with Gasteiger partial charge in [-0.05, 0) is 0 Å². The van der Waals surface area contributed by atoms with E-state index in [1.807, 2.05) is 121 Å². The van der Waals surface area contributed by atoms with Crippen molar-refractivity contribution in [1.29, 1.82) is 0 Å². The van der Waals surface area contributed by atoms with E-state index in [9.17, 15) is 0 Å². The molecule has 0 amide bonds. The van der Waals surface area contributed by atoms with E-state index >= 15 is 0 Å². The van der Waals surface area contributed by atoms with Crippen molar-refractivity contribution in [2.45, 2.75) is 0 Å². The van der Waals surface area contributed by atoms with Crippen LogP contribution in [0.15, 0.2) is 146 Å². The molecule has 9 heteroatoms. The molecular weight excluding hydrogens is 731 g/mol. The van der Waals surface area contributed by atoms with Crippen LogP contribution in [0.1, 0.15) is 0 Å². The molecule has 0 radical (unpaired) electrons. The molecule has 0 spiro atoms. The summed E-state index contributed by atoms with van der Waals surface area (Å²) < 4.78 is 27.9. The van der Waals surface area contributed by atoms with Crippen LogP contribution in [0, 0.1) is 0 Å². The van der Waals surface area contributed by atoms with Gasteiger partial charge in [0.1, 0.15) is 0 Å². The number of para-hydroxylation sites is 4. The van der Waals surface area contributed by atoms with Crippen molar-refractivity contribution in [3.8, 4) is 23.0 Å². The van der Waals surface area contributed by atoms with Crippen molar-refractivity contribution in [2.24, 2.45) is 0 Å². The molecule has 4 heterocycles. The Labute approximate surface area is 264 Å². The van der Waals surface area contributed by atoms with Gasteiger partial charge in [0.15, 0.2) is 0 Å². The minimum atomic E-state index is -5.67. The first kappa shape index (κ1) is 27.2. The summed E-state index contributed by atoms with van der Waals surface area (Å²) in [7, 11) is 0. The minimum absolute atomic E-state index is 0.476. The standard InChI is InChI=1S/4C9H7NO.Hf/c4*11-8-5-1-3-7-4-2-6-10-9(7)8;/h4*1-6,11H;/q;;;;+4/p-4. The molecule has 0 aliphatic rings. The Morgan fingerprint density at radius 2 is 0.556 bits per heavy atom. The van der Waals surface area contributed by atoms with Crippen LogP contribution in [0.3, 0.4) is 0 Å². The normalized spacial score (nSPS) is 11.6. The van der Waals surface area contributed by atoms with Crippen LogP contribution in [-0.2, 0) is 21.7 Å². The van der Waals surface area contributed by atoms with E-state index in [1.165, 1.54) is 0 Å². The molecule has 0 aliphatic heterocycles. The molecule has 0 unspecified atom stereocenters. The number of benzene rings is 4. The number of aromatic nitrogens is 4. The zero-order valence-electron chi connectivity index (χ0n) is 23.8. The van der Waals surface area contributed by atoms with Crippen LogP contribution in [0.2, 0.25) is 0 Å². The molecule has 8 nitrogen and oxygen atoms in total. The van der Waals surface area contributed by atoms with E-state index in [4.69, 9.17) is 11.4 Å². The van der Waals surface area contributed by atoms with Crippen molar-refractivity contribution in [3.63, 3.8) is 0 Å². The third kappa shape index (κ3) is 5.32. The second-order valence-electron chi connectivity index (χ2n) is 10.2. The Bertz CT molecular complexity index is 1980. The van der Waals surface area contributed by atoms with E-state index in [0.717, 1.165) is 21.5 Å². The number of nitrogens with zero attached hydrogens (tertiary/aromatic N) is 4. The van der Waals surface area contributed by atoms with Gasteiger partial charge >= 0.3 is 266 Å². The third-order valence-corrected chi connectivity index (χ3v) is 14.1. The fourth-order valence-corrected chi connectivity index (χ4v) is 12.4. The fraction of sp³-hybridized carbons (Fsp3) is 0. The zero-order valence-corrected chi connectivity index (χ0v) is 27.4. The first-order chi connectivity index (χ1) is 22.2. The monoisotopic (exact) mass is 756 g/mol. The van der Waals surface area contributed by atoms with Gasteiger partial charge in [0.2, 0.25) is 0 Å². The average Bonchev–Trinajstić information content (AvgIpc) is 3.09. The van der Waals surface area contributed by atoms with Crippen LogP contribution in [0.25, 0.3) is 43.6 Å². The molecule has 0 N–H and O–H groups in total. The molecule has 4 aromatic heterocycles. The van der Waals surface area contributed by atoms with Crippen molar-refractivity contribution >= 4 is 43.6 Å². The van der Waals surface area contributed by atoms with Gasteiger partial charge in [-0.3, -0.25) is 0 Å². The first-order valence-electron chi connectivity index (χ1n) is 14.4. The van der Waals surface area contributed by atoms with Gasteiger partial charge in [-0.1, -0.05) is 0 Å². The van der Waals surface area contributed by atoms with Crippen molar-refractivity contribution in [3.05, 3.63) is 146 Å². The average molecular weight is 755 g/mol. The Morgan fingerprint density at radius 3 is 0.822 bits per heavy atom. The van der Waals surface area contributed by atoms with Crippen LogP contribution in [0.4, 0.5) is 0 Å². The number of hydrogen-bond acceptors (Lipinski definition) is 8. The molecule has 8 aromatic rings. The van der Waals surface area contributed by atoms with Gasteiger partial charge in [-0.2, -0.15) is 0 Å². The van der Waals surface area contributed by atoms with E-state index in [-0.39, 0.29) is 0 Å². The molecular formula is C36H24HfN4O4. The second-order valence-corrected chi connectivity index (χ2v) is 16.8. The van der Waals surface area contributed by atoms with Gasteiger partial charge in [0.25, 0.3) is 0 Å². The molecule has 0 saturated carbocycles. The topological polar surface area (TPSA) is 88.5 Å². The number of pyridine rings is 4. The van der Waals surface area contributed by atoms with Crippen LogP contribution < -0.4 is 11.4 Å². The van der Waals surface area contributed by atoms with E-state index in [2.05, 4.69) is 19.9 Å². The first-order valence-corrected chi connectivity index (χ1v) is 20.2. The SMILES string of the molecule is c1cnc2c([O][Hf]([O]c3cccc4cccnc34)([O]c3cccc4cccnc34)[O]c3cccc4cccnc34)cccc2c1. The molecule has 4 aromatic carbocycles. The molecule has 45 heavy (non-hydrogen) atoms. The van der Waals surface area contributed by atoms with Crippen molar-refractivity contribution in [2.75, 3.05) is 0 Å². The van der Waals surface area contributed by atoms with E-state index in [1.54, 1.807) is 24.8 Å². The molecule has 8 rings (SSSR count). The van der Waals surface area contributed by atoms with Crippen LogP contribution in [0.5, 0.6) is 23.0 Å². The second kappa shape index (κ2) is 11.6. The molecule has 0 fully saturated rings. The summed E-state index contributed by atoms with van der Waals surface area (Å²) >= 11 is -5.67. The van der Waals surface area contributed by atoms with E-state index < -0.39 is 21.7 Å². The summed E-state index contributed by atoms with van der Waals surface area (Å²) in [6.45, 7) is 0. The maximum atomic E-state index is 6.98. The quantitative estimate of drug-likeness (QED) is 0.143. The van der Waals surface area contributed by atoms with Gasteiger partial charge in [-0.25, -0.2) is 0 Å². The summed E-state index contributed by atoms with van der Waals surface area (Å²) in [5, 5.41) is 3.62. The molecule has 0 aliphatic carbocycles. The Hall–Kier alpha value is -5.41. The number of hydrogen-bond donors (Lipinski definition) is 0. The Kier molecular flexibility index (Phi) is 7.00. The van der Waals surface area contributed by atoms with Crippen LogP contribution in [-0.4, -0.2) is 19.9 Å². The van der Waals surface area contributed by atoms with E-state index in [0.29, 0.717) is 45.1 Å². The summed E-state index contributed by atoms with van der Waals surface area (Å²) in [4.78, 5) is 18.6. The Balaban J connectivity index is 1.38. The molecule has 0 atom stereocenters. The number of rotatable bonds is 8. The molecule has 0 saturated heterocycles. The van der Waals surface area contributed by atoms with Gasteiger partial charge in [0.05, 0.1) is 0 Å². The Morgan fingerprint density at radius 1 is 0.311 bits per heavy atom. The van der Waals surface area contributed by atoms with Crippen LogP contribution >= 0.6 is 0 Å². The predicted molar refractivity (Wildman–Crippen MR) is 169 cm³/mol. The predicted octanol–water partition coefficient (Wildman–Crippen LogP) is 8.31. The van der Waals surface area contributed by atoms with Gasteiger partial charge < -0.3 is 0 Å². The summed E-state index contributed by atoms with van der Waals surface area (Å²) in [5.74, 6) is 1.91. The van der Waals surface area contributed by atoms with Gasteiger partial charge in [0, 0.05) is 0 Å². The molecule has 216 valence electrons. The van der Waals surface area contributed by atoms with Crippen molar-refractivity contribution < 1.29 is 33.1 Å². The maximum absolute atomic E-state index is 6.98. The number of fused-ring (bicyclic) bond motifs is 4. The van der Waals surface area contributed by atoms with Gasteiger partial charge in [-0.15, -0.1) is 0 Å². The van der Waals surface area contributed by atoms with Crippen molar-refractivity contribution in [1.82, 2.24) is 19.9 Å². The summed E-state index contributed by atoms with van der Waals surface area (Å²) in [5.41, 5.74) is 2.62.